The van der Waals surface area contributed by atoms with Crippen LogP contribution in [0.1, 0.15) is 15.9 Å². The summed E-state index contributed by atoms with van der Waals surface area (Å²) in [5.41, 5.74) is 0.810. The van der Waals surface area contributed by atoms with E-state index < -0.39 is 28.4 Å². The fraction of sp³-hybridized carbons (Fsp3) is 0.238. The largest absolute Gasteiger partial charge is 0.454 e. The van der Waals surface area contributed by atoms with Crippen LogP contribution in [0.2, 0.25) is 10.0 Å². The summed E-state index contributed by atoms with van der Waals surface area (Å²) in [7, 11) is -3.64. The molecule has 1 heterocycles. The molecular formula is C21H19Cl2NO6S. The van der Waals surface area contributed by atoms with Gasteiger partial charge in [-0.15, -0.1) is 0 Å². The highest BCUT2D eigenvalue weighted by atomic mass is 35.5. The lowest BCUT2D eigenvalue weighted by Gasteiger charge is -2.26. The molecule has 0 aliphatic carbocycles. The van der Waals surface area contributed by atoms with Crippen LogP contribution in [0.25, 0.3) is 6.08 Å². The van der Waals surface area contributed by atoms with Crippen molar-refractivity contribution in [1.29, 1.82) is 0 Å². The summed E-state index contributed by atoms with van der Waals surface area (Å²) in [4.78, 5) is 24.2. The molecular weight excluding hydrogens is 465 g/mol. The molecule has 2 aromatic rings. The predicted octanol–water partition coefficient (Wildman–Crippen LogP) is 3.45. The van der Waals surface area contributed by atoms with Crippen molar-refractivity contribution >= 4 is 51.1 Å². The fourth-order valence-corrected chi connectivity index (χ4v) is 4.69. The molecule has 3 rings (SSSR count). The summed E-state index contributed by atoms with van der Waals surface area (Å²) in [5, 5.41) is 0.846. The normalized spacial score (nSPS) is 15.2. The van der Waals surface area contributed by atoms with Crippen LogP contribution in [0.4, 0.5) is 0 Å². The molecule has 0 aromatic heterocycles. The maximum atomic E-state index is 12.6. The minimum absolute atomic E-state index is 0.0886. The third-order valence-electron chi connectivity index (χ3n) is 4.49. The Kier molecular flexibility index (Phi) is 7.85. The molecule has 0 unspecified atom stereocenters. The Labute approximate surface area is 190 Å². The number of Topliss-reactive ketones (excluding diaryl/α,β-unsaturated/α-hetero) is 1. The Bertz CT molecular complexity index is 1090. The first-order chi connectivity index (χ1) is 14.8. The second-order valence-corrected chi connectivity index (χ2v) is 9.35. The minimum Gasteiger partial charge on any atom is -0.454 e. The number of ketones is 1. The quantitative estimate of drug-likeness (QED) is 0.340. The van der Waals surface area contributed by atoms with Crippen LogP contribution in [-0.2, 0) is 24.3 Å². The lowest BCUT2D eigenvalue weighted by Crippen LogP contribution is -2.40. The Morgan fingerprint density at radius 1 is 1.06 bits per heavy atom. The van der Waals surface area contributed by atoms with Gasteiger partial charge in [-0.1, -0.05) is 29.3 Å². The monoisotopic (exact) mass is 483 g/mol. The molecule has 0 bridgehead atoms. The van der Waals surface area contributed by atoms with Gasteiger partial charge < -0.3 is 9.47 Å². The maximum Gasteiger partial charge on any atom is 0.331 e. The number of esters is 1. The third kappa shape index (κ3) is 6.15. The number of nitrogens with zero attached hydrogens (tertiary/aromatic N) is 1. The van der Waals surface area contributed by atoms with Crippen molar-refractivity contribution in [2.75, 3.05) is 32.9 Å². The van der Waals surface area contributed by atoms with Gasteiger partial charge in [0, 0.05) is 34.8 Å². The van der Waals surface area contributed by atoms with Crippen molar-refractivity contribution in [2.24, 2.45) is 0 Å². The Balaban J connectivity index is 1.57. The number of morpholine rings is 1. The van der Waals surface area contributed by atoms with Crippen LogP contribution in [0.5, 0.6) is 0 Å². The predicted molar refractivity (Wildman–Crippen MR) is 117 cm³/mol. The van der Waals surface area contributed by atoms with Crippen molar-refractivity contribution in [3.05, 3.63) is 69.7 Å². The molecule has 31 heavy (non-hydrogen) atoms. The average Bonchev–Trinajstić information content (AvgIpc) is 2.77. The van der Waals surface area contributed by atoms with Crippen molar-refractivity contribution < 1.29 is 27.5 Å². The van der Waals surface area contributed by atoms with Crippen LogP contribution in [0.3, 0.4) is 0 Å². The summed E-state index contributed by atoms with van der Waals surface area (Å²) < 4.78 is 36.7. The first kappa shape index (κ1) is 23.4. The van der Waals surface area contributed by atoms with Gasteiger partial charge in [0.25, 0.3) is 0 Å². The first-order valence-electron chi connectivity index (χ1n) is 9.28. The van der Waals surface area contributed by atoms with E-state index in [4.69, 9.17) is 32.7 Å². The molecule has 0 spiro atoms. The number of sulfonamides is 1. The summed E-state index contributed by atoms with van der Waals surface area (Å²) in [5.74, 6) is -1.17. The third-order valence-corrected chi connectivity index (χ3v) is 6.97. The Morgan fingerprint density at radius 2 is 1.74 bits per heavy atom. The van der Waals surface area contributed by atoms with Crippen LogP contribution in [0, 0.1) is 0 Å². The van der Waals surface area contributed by atoms with E-state index in [0.717, 1.165) is 6.08 Å². The summed E-state index contributed by atoms with van der Waals surface area (Å²) in [6.45, 7) is 0.786. The van der Waals surface area contributed by atoms with Gasteiger partial charge in [0.05, 0.1) is 18.1 Å². The molecule has 164 valence electrons. The highest BCUT2D eigenvalue weighted by Gasteiger charge is 2.26. The SMILES string of the molecule is O=C(/C=C/c1ccc(Cl)cc1Cl)OCC(=O)c1ccc(S(=O)(=O)N2CCOCC2)cc1. The molecule has 2 aromatic carbocycles. The van der Waals surface area contributed by atoms with E-state index in [0.29, 0.717) is 28.8 Å². The second kappa shape index (κ2) is 10.4. The van der Waals surface area contributed by atoms with Crippen LogP contribution in [0.15, 0.2) is 53.4 Å². The lowest BCUT2D eigenvalue weighted by atomic mass is 10.1. The Hall–Kier alpha value is -2.23. The molecule has 0 N–H and O–H groups in total. The zero-order chi connectivity index (χ0) is 22.4. The number of halogens is 2. The molecule has 1 aliphatic rings. The smallest absolute Gasteiger partial charge is 0.331 e. The molecule has 10 heteroatoms. The molecule has 1 aliphatic heterocycles. The van der Waals surface area contributed by atoms with Crippen LogP contribution >= 0.6 is 23.2 Å². The standard InChI is InChI=1S/C21H19Cl2NO6S/c22-17-5-1-15(19(23)13-17)4-8-21(26)30-14-20(25)16-2-6-18(7-3-16)31(27,28)24-9-11-29-12-10-24/h1-8,13H,9-12,14H2/b8-4+. The molecule has 0 amide bonds. The average molecular weight is 484 g/mol. The summed E-state index contributed by atoms with van der Waals surface area (Å²) in [6, 6.07) is 10.3. The molecule has 1 saturated heterocycles. The maximum absolute atomic E-state index is 12.6. The number of rotatable bonds is 7. The molecule has 1 fully saturated rings. The van der Waals surface area contributed by atoms with Gasteiger partial charge in [-0.2, -0.15) is 4.31 Å². The van der Waals surface area contributed by atoms with E-state index in [1.54, 1.807) is 18.2 Å². The van der Waals surface area contributed by atoms with Crippen molar-refractivity contribution in [2.45, 2.75) is 4.90 Å². The first-order valence-corrected chi connectivity index (χ1v) is 11.5. The summed E-state index contributed by atoms with van der Waals surface area (Å²) in [6.07, 6.45) is 2.61. The topological polar surface area (TPSA) is 90.0 Å². The van der Waals surface area contributed by atoms with Crippen LogP contribution in [-0.4, -0.2) is 57.4 Å². The lowest BCUT2D eigenvalue weighted by molar-refractivity contribution is -0.136. The highest BCUT2D eigenvalue weighted by Crippen LogP contribution is 2.22. The van der Waals surface area contributed by atoms with Gasteiger partial charge in [-0.25, -0.2) is 13.2 Å². The van der Waals surface area contributed by atoms with E-state index in [1.165, 1.54) is 34.6 Å². The van der Waals surface area contributed by atoms with E-state index >= 15 is 0 Å². The zero-order valence-electron chi connectivity index (χ0n) is 16.3. The van der Waals surface area contributed by atoms with Gasteiger partial charge in [-0.3, -0.25) is 4.79 Å². The Morgan fingerprint density at radius 3 is 2.39 bits per heavy atom. The highest BCUT2D eigenvalue weighted by molar-refractivity contribution is 7.89. The van der Waals surface area contributed by atoms with Gasteiger partial charge in [-0.05, 0) is 48.0 Å². The molecule has 0 atom stereocenters. The minimum atomic E-state index is -3.64. The van der Waals surface area contributed by atoms with Crippen molar-refractivity contribution in [3.63, 3.8) is 0 Å². The van der Waals surface area contributed by atoms with E-state index in [1.807, 2.05) is 0 Å². The van der Waals surface area contributed by atoms with Crippen molar-refractivity contribution in [1.82, 2.24) is 4.31 Å². The van der Waals surface area contributed by atoms with Gasteiger partial charge in [0.15, 0.2) is 12.4 Å². The van der Waals surface area contributed by atoms with Gasteiger partial charge >= 0.3 is 5.97 Å². The van der Waals surface area contributed by atoms with E-state index in [9.17, 15) is 18.0 Å². The number of benzene rings is 2. The van der Waals surface area contributed by atoms with Gasteiger partial charge in [0.1, 0.15) is 0 Å². The molecule has 7 nitrogen and oxygen atoms in total. The number of hydrogen-bond acceptors (Lipinski definition) is 6. The molecule has 0 saturated carbocycles. The zero-order valence-corrected chi connectivity index (χ0v) is 18.6. The van der Waals surface area contributed by atoms with E-state index in [-0.39, 0.29) is 23.5 Å². The number of hydrogen-bond donors (Lipinski definition) is 0. The molecule has 0 radical (unpaired) electrons. The van der Waals surface area contributed by atoms with Crippen molar-refractivity contribution in [3.8, 4) is 0 Å². The second-order valence-electron chi connectivity index (χ2n) is 6.57. The number of ether oxygens (including phenoxy) is 2. The number of carbonyl (C=O) groups excluding carboxylic acids is 2. The fourth-order valence-electron chi connectivity index (χ4n) is 2.81. The van der Waals surface area contributed by atoms with Gasteiger partial charge in [0.2, 0.25) is 10.0 Å². The van der Waals surface area contributed by atoms with E-state index in [2.05, 4.69) is 0 Å². The summed E-state index contributed by atoms with van der Waals surface area (Å²) >= 11 is 11.8. The van der Waals surface area contributed by atoms with Crippen LogP contribution < -0.4 is 0 Å². The number of carbonyl (C=O) groups is 2.